The van der Waals surface area contributed by atoms with Crippen molar-refractivity contribution in [2.45, 2.75) is 251 Å². The molecule has 58 heavy (non-hydrogen) atoms. The summed E-state index contributed by atoms with van der Waals surface area (Å²) in [6.07, 6.45) is 42.7. The van der Waals surface area contributed by atoms with Gasteiger partial charge in [0.1, 0.15) is 19.8 Å². The van der Waals surface area contributed by atoms with Gasteiger partial charge in [0.05, 0.1) is 27.7 Å². The summed E-state index contributed by atoms with van der Waals surface area (Å²) in [5, 5.41) is 0. The van der Waals surface area contributed by atoms with Crippen LogP contribution in [0.5, 0.6) is 0 Å². The van der Waals surface area contributed by atoms with Gasteiger partial charge < -0.3 is 27.9 Å². The summed E-state index contributed by atoms with van der Waals surface area (Å²) in [4.78, 5) is 37.6. The van der Waals surface area contributed by atoms with Crippen LogP contribution in [0.3, 0.4) is 0 Å². The number of nitrogens with zero attached hydrogens (tertiary/aromatic N) is 1. The van der Waals surface area contributed by atoms with Gasteiger partial charge >= 0.3 is 11.9 Å². The third-order valence-corrected chi connectivity index (χ3v) is 12.1. The first-order valence-electron chi connectivity index (χ1n) is 24.7. The Hall–Kier alpha value is -0.990. The van der Waals surface area contributed by atoms with Crippen molar-refractivity contribution in [1.82, 2.24) is 0 Å². The van der Waals surface area contributed by atoms with Gasteiger partial charge in [0.15, 0.2) is 6.10 Å². The van der Waals surface area contributed by atoms with Crippen LogP contribution in [0, 0.1) is 0 Å². The number of phosphoric acid groups is 1. The molecule has 0 aliphatic rings. The van der Waals surface area contributed by atoms with E-state index in [1.165, 1.54) is 180 Å². The van der Waals surface area contributed by atoms with E-state index in [1.54, 1.807) is 0 Å². The number of carbonyl (C=O) groups excluding carboxylic acids is 2. The monoisotopic (exact) mass is 846 g/mol. The lowest BCUT2D eigenvalue weighted by Crippen LogP contribution is -2.37. The molecule has 0 fully saturated rings. The highest BCUT2D eigenvalue weighted by molar-refractivity contribution is 7.45. The first kappa shape index (κ1) is 57.0. The largest absolute Gasteiger partial charge is 0.756 e. The van der Waals surface area contributed by atoms with Gasteiger partial charge in [-0.05, 0) is 12.8 Å². The second-order valence-electron chi connectivity index (χ2n) is 18.2. The lowest BCUT2D eigenvalue weighted by atomic mass is 10.0. The Kier molecular flexibility index (Phi) is 40.7. The fraction of sp³-hybridized carbons (Fsp3) is 0.958. The highest BCUT2D eigenvalue weighted by Gasteiger charge is 2.21. The summed E-state index contributed by atoms with van der Waals surface area (Å²) in [5.74, 6) is -0.815. The van der Waals surface area contributed by atoms with Crippen LogP contribution < -0.4 is 4.89 Å². The average molecular weight is 846 g/mol. The van der Waals surface area contributed by atoms with Gasteiger partial charge in [-0.3, -0.25) is 14.2 Å². The second-order valence-corrected chi connectivity index (χ2v) is 19.6. The van der Waals surface area contributed by atoms with E-state index in [1.807, 2.05) is 21.1 Å². The fourth-order valence-corrected chi connectivity index (χ4v) is 7.97. The summed E-state index contributed by atoms with van der Waals surface area (Å²) >= 11 is 0. The maximum absolute atomic E-state index is 12.7. The highest BCUT2D eigenvalue weighted by atomic mass is 31.2. The molecule has 0 heterocycles. The third kappa shape index (κ3) is 44.6. The maximum atomic E-state index is 12.7. The van der Waals surface area contributed by atoms with Crippen molar-refractivity contribution in [2.75, 3.05) is 47.5 Å². The zero-order valence-electron chi connectivity index (χ0n) is 39.0. The van der Waals surface area contributed by atoms with Gasteiger partial charge in [-0.15, -0.1) is 0 Å². The number of esters is 2. The molecule has 0 aromatic heterocycles. The van der Waals surface area contributed by atoms with E-state index in [0.29, 0.717) is 17.4 Å². The number of likely N-dealkylation sites (N-methyl/N-ethyl adjacent to an activating group) is 1. The van der Waals surface area contributed by atoms with Crippen molar-refractivity contribution in [3.05, 3.63) is 0 Å². The number of phosphoric ester groups is 1. The van der Waals surface area contributed by atoms with E-state index in [-0.39, 0.29) is 32.0 Å². The van der Waals surface area contributed by atoms with E-state index in [4.69, 9.17) is 18.5 Å². The molecule has 0 aromatic carbocycles. The molecule has 0 rings (SSSR count). The van der Waals surface area contributed by atoms with Gasteiger partial charge in [-0.2, -0.15) is 0 Å². The lowest BCUT2D eigenvalue weighted by Gasteiger charge is -2.28. The Morgan fingerprint density at radius 2 is 0.776 bits per heavy atom. The van der Waals surface area contributed by atoms with Crippen LogP contribution in [0.4, 0.5) is 0 Å². The van der Waals surface area contributed by atoms with Gasteiger partial charge in [-0.1, -0.05) is 219 Å². The maximum Gasteiger partial charge on any atom is 0.306 e. The van der Waals surface area contributed by atoms with Gasteiger partial charge in [0.25, 0.3) is 7.82 Å². The predicted molar refractivity (Wildman–Crippen MR) is 241 cm³/mol. The van der Waals surface area contributed by atoms with Crippen LogP contribution in [0.25, 0.3) is 0 Å². The van der Waals surface area contributed by atoms with Gasteiger partial charge in [0.2, 0.25) is 0 Å². The number of quaternary nitrogens is 1. The number of ether oxygens (including phenoxy) is 2. The predicted octanol–water partition coefficient (Wildman–Crippen LogP) is 13.7. The molecule has 2 atom stereocenters. The Bertz CT molecular complexity index is 958. The fourth-order valence-electron chi connectivity index (χ4n) is 7.25. The SMILES string of the molecule is CCCCCCCCCCCCCCCCCCCCCCC(=O)OC[C@H](COP(=O)([O-])OCC[N+](C)(C)C)OC(=O)CCCCCCCCCCCCCCCC. The summed E-state index contributed by atoms with van der Waals surface area (Å²) < 4.78 is 34.0. The smallest absolute Gasteiger partial charge is 0.306 e. The molecule has 0 saturated carbocycles. The van der Waals surface area contributed by atoms with Crippen LogP contribution in [0.2, 0.25) is 0 Å². The number of rotatable bonds is 46. The topological polar surface area (TPSA) is 111 Å². The minimum Gasteiger partial charge on any atom is -0.756 e. The van der Waals surface area contributed by atoms with Crippen molar-refractivity contribution in [1.29, 1.82) is 0 Å². The summed E-state index contributed by atoms with van der Waals surface area (Å²) in [7, 11) is 1.18. The zero-order valence-corrected chi connectivity index (χ0v) is 39.9. The number of hydrogen-bond acceptors (Lipinski definition) is 8. The molecule has 0 amide bonds. The molecule has 9 nitrogen and oxygen atoms in total. The molecule has 0 N–H and O–H groups in total. The molecular formula is C48H96NO8P. The molecule has 0 aliphatic carbocycles. The molecule has 0 aromatic rings. The molecular weight excluding hydrogens is 750 g/mol. The normalized spacial score (nSPS) is 13.4. The van der Waals surface area contributed by atoms with E-state index >= 15 is 0 Å². The van der Waals surface area contributed by atoms with E-state index < -0.39 is 26.5 Å². The van der Waals surface area contributed by atoms with Crippen LogP contribution in [-0.2, 0) is 32.7 Å². The van der Waals surface area contributed by atoms with Gasteiger partial charge in [-0.25, -0.2) is 0 Å². The standard InChI is InChI=1S/C48H96NO8P/c1-6-8-10-12-14-16-18-20-22-23-24-25-26-27-29-30-32-34-36-38-40-47(50)54-44-46(45-56-58(52,53)55-43-42-49(3,4)5)57-48(51)41-39-37-35-33-31-28-21-19-17-15-13-11-9-7-2/h46H,6-45H2,1-5H3/t46-/m1/s1. The molecule has 0 radical (unpaired) electrons. The number of carbonyl (C=O) groups is 2. The van der Waals surface area contributed by atoms with Crippen LogP contribution in [-0.4, -0.2) is 70.0 Å². The van der Waals surface area contributed by atoms with Crippen LogP contribution >= 0.6 is 7.82 Å². The third-order valence-electron chi connectivity index (χ3n) is 11.1. The van der Waals surface area contributed by atoms with Crippen molar-refractivity contribution < 1.29 is 42.1 Å². The Morgan fingerprint density at radius 3 is 1.10 bits per heavy atom. The van der Waals surface area contributed by atoms with Crippen molar-refractivity contribution >= 4 is 19.8 Å². The van der Waals surface area contributed by atoms with E-state index in [9.17, 15) is 19.0 Å². The Labute approximate surface area is 359 Å². The molecule has 0 spiro atoms. The van der Waals surface area contributed by atoms with E-state index in [0.717, 1.165) is 32.1 Å². The summed E-state index contributed by atoms with van der Waals surface area (Å²) in [6, 6.07) is 0. The molecule has 0 bridgehead atoms. The lowest BCUT2D eigenvalue weighted by molar-refractivity contribution is -0.870. The van der Waals surface area contributed by atoms with Crippen LogP contribution in [0.15, 0.2) is 0 Å². The first-order valence-corrected chi connectivity index (χ1v) is 26.2. The van der Waals surface area contributed by atoms with Crippen molar-refractivity contribution in [3.63, 3.8) is 0 Å². The zero-order chi connectivity index (χ0) is 42.8. The first-order chi connectivity index (χ1) is 28.0. The molecule has 0 saturated heterocycles. The van der Waals surface area contributed by atoms with Crippen LogP contribution in [0.1, 0.15) is 245 Å². The molecule has 346 valence electrons. The highest BCUT2D eigenvalue weighted by Crippen LogP contribution is 2.38. The quantitative estimate of drug-likeness (QED) is 0.0258. The summed E-state index contributed by atoms with van der Waals surface area (Å²) in [5.41, 5.74) is 0. The number of unbranched alkanes of at least 4 members (excludes halogenated alkanes) is 32. The molecule has 1 unspecified atom stereocenters. The average Bonchev–Trinajstić information content (AvgIpc) is 3.17. The molecule has 0 aliphatic heterocycles. The second kappa shape index (κ2) is 41.4. The van der Waals surface area contributed by atoms with Crippen molar-refractivity contribution in [3.8, 4) is 0 Å². The Balaban J connectivity index is 4.19. The number of hydrogen-bond donors (Lipinski definition) is 0. The molecule has 10 heteroatoms. The van der Waals surface area contributed by atoms with Crippen molar-refractivity contribution in [2.24, 2.45) is 0 Å². The summed E-state index contributed by atoms with van der Waals surface area (Å²) in [6.45, 7) is 4.28. The minimum absolute atomic E-state index is 0.0255. The Morgan fingerprint density at radius 1 is 0.466 bits per heavy atom. The van der Waals surface area contributed by atoms with E-state index in [2.05, 4.69) is 13.8 Å². The minimum atomic E-state index is -4.62. The van der Waals surface area contributed by atoms with Gasteiger partial charge in [0, 0.05) is 12.8 Å².